The van der Waals surface area contributed by atoms with Crippen LogP contribution in [0.2, 0.25) is 0 Å². The number of nitrogens with zero attached hydrogens (tertiary/aromatic N) is 2. The van der Waals surface area contributed by atoms with Gasteiger partial charge in [-0.05, 0) is 54.8 Å². The number of carbonyl (C=O) groups excluding carboxylic acids is 2. The zero-order chi connectivity index (χ0) is 29.5. The average Bonchev–Trinajstić information content (AvgIpc) is 3.71. The van der Waals surface area contributed by atoms with E-state index in [2.05, 4.69) is 5.32 Å². The van der Waals surface area contributed by atoms with E-state index in [1.807, 2.05) is 60.0 Å². The molecule has 1 fully saturated rings. The van der Waals surface area contributed by atoms with Crippen LogP contribution in [0.4, 0.5) is 5.69 Å². The molecule has 0 aliphatic heterocycles. The summed E-state index contributed by atoms with van der Waals surface area (Å²) in [5.74, 6) is 1.55. The lowest BCUT2D eigenvalue weighted by Gasteiger charge is -2.40. The molecule has 42 heavy (non-hydrogen) atoms. The molecule has 5 rings (SSSR count). The number of hydrogen-bond donors (Lipinski definition) is 1. The molecule has 4 aromatic rings. The number of aromatic nitrogens is 1. The van der Waals surface area contributed by atoms with Crippen LogP contribution >= 0.6 is 11.3 Å². The number of amides is 2. The third kappa shape index (κ3) is 6.26. The van der Waals surface area contributed by atoms with Gasteiger partial charge in [-0.15, -0.1) is 11.3 Å². The molecule has 1 saturated carbocycles. The summed E-state index contributed by atoms with van der Waals surface area (Å²) in [6.07, 6.45) is 3.01. The number of benzene rings is 3. The predicted octanol–water partition coefficient (Wildman–Crippen LogP) is 6.36. The number of rotatable bonds is 11. The fraction of sp³-hybridized carbons (Fsp3) is 0.303. The van der Waals surface area contributed by atoms with Crippen molar-refractivity contribution in [2.75, 3.05) is 26.6 Å². The molecule has 0 bridgehead atoms. The summed E-state index contributed by atoms with van der Waals surface area (Å²) in [5, 5.41) is 5.83. The van der Waals surface area contributed by atoms with Gasteiger partial charge in [0.2, 0.25) is 11.8 Å². The molecule has 1 aromatic heterocycles. The Morgan fingerprint density at radius 1 is 0.905 bits per heavy atom. The summed E-state index contributed by atoms with van der Waals surface area (Å²) in [6.45, 7) is 0.236. The van der Waals surface area contributed by atoms with Crippen molar-refractivity contribution in [1.82, 2.24) is 9.88 Å². The van der Waals surface area contributed by atoms with Crippen LogP contribution in [0.25, 0.3) is 11.3 Å². The van der Waals surface area contributed by atoms with Crippen molar-refractivity contribution in [1.29, 1.82) is 0 Å². The third-order valence-electron chi connectivity index (χ3n) is 7.76. The number of thiazole rings is 1. The van der Waals surface area contributed by atoms with Crippen LogP contribution in [-0.2, 0) is 22.6 Å². The molecule has 8 nitrogen and oxygen atoms in total. The summed E-state index contributed by atoms with van der Waals surface area (Å²) in [7, 11) is 4.76. The van der Waals surface area contributed by atoms with Crippen LogP contribution in [-0.4, -0.2) is 48.6 Å². The molecule has 3 aromatic carbocycles. The predicted molar refractivity (Wildman–Crippen MR) is 164 cm³/mol. The van der Waals surface area contributed by atoms with Crippen molar-refractivity contribution < 1.29 is 23.8 Å². The molecule has 0 unspecified atom stereocenters. The van der Waals surface area contributed by atoms with E-state index in [-0.39, 0.29) is 24.8 Å². The molecule has 0 spiro atoms. The second kappa shape index (κ2) is 13.1. The summed E-state index contributed by atoms with van der Waals surface area (Å²) in [4.78, 5) is 34.9. The molecule has 1 heterocycles. The van der Waals surface area contributed by atoms with E-state index in [0.29, 0.717) is 30.0 Å². The van der Waals surface area contributed by atoms with Crippen molar-refractivity contribution in [2.24, 2.45) is 0 Å². The molecule has 0 saturated heterocycles. The van der Waals surface area contributed by atoms with E-state index in [4.69, 9.17) is 19.2 Å². The Hall–Kier alpha value is -4.37. The van der Waals surface area contributed by atoms with Gasteiger partial charge in [0.25, 0.3) is 0 Å². The minimum atomic E-state index is -1.03. The largest absolute Gasteiger partial charge is 0.497 e. The first kappa shape index (κ1) is 29.1. The lowest BCUT2D eigenvalue weighted by Crippen LogP contribution is -2.57. The fourth-order valence-corrected chi connectivity index (χ4v) is 6.27. The zero-order valence-corrected chi connectivity index (χ0v) is 24.9. The topological polar surface area (TPSA) is 90.0 Å². The first-order chi connectivity index (χ1) is 20.5. The second-order valence-electron chi connectivity index (χ2n) is 10.3. The lowest BCUT2D eigenvalue weighted by atomic mass is 9.92. The van der Waals surface area contributed by atoms with Crippen LogP contribution < -0.4 is 19.5 Å². The van der Waals surface area contributed by atoms with Crippen LogP contribution in [0.5, 0.6) is 17.2 Å². The maximum Gasteiger partial charge on any atom is 0.250 e. The van der Waals surface area contributed by atoms with Gasteiger partial charge in [-0.25, -0.2) is 4.98 Å². The van der Waals surface area contributed by atoms with Crippen molar-refractivity contribution in [3.63, 3.8) is 0 Å². The Labute approximate surface area is 250 Å². The molecule has 218 valence electrons. The van der Waals surface area contributed by atoms with Crippen molar-refractivity contribution in [3.8, 4) is 28.5 Å². The lowest BCUT2D eigenvalue weighted by molar-refractivity contribution is -0.145. The van der Waals surface area contributed by atoms with Crippen LogP contribution in [0.1, 0.15) is 36.3 Å². The van der Waals surface area contributed by atoms with Gasteiger partial charge in [-0.2, -0.15) is 0 Å². The Kier molecular flexibility index (Phi) is 9.07. The van der Waals surface area contributed by atoms with E-state index in [1.165, 1.54) is 11.3 Å². The number of carbonyl (C=O) groups is 2. The van der Waals surface area contributed by atoms with E-state index in [0.717, 1.165) is 40.4 Å². The highest BCUT2D eigenvalue weighted by Crippen LogP contribution is 2.40. The van der Waals surface area contributed by atoms with Crippen molar-refractivity contribution >= 4 is 28.8 Å². The minimum absolute atomic E-state index is 0.110. The highest BCUT2D eigenvalue weighted by Gasteiger charge is 2.48. The van der Waals surface area contributed by atoms with Crippen LogP contribution in [0, 0.1) is 0 Å². The number of anilines is 1. The summed E-state index contributed by atoms with van der Waals surface area (Å²) in [6, 6.07) is 22.6. The van der Waals surface area contributed by atoms with E-state index in [1.54, 1.807) is 44.4 Å². The molecule has 9 heteroatoms. The number of hydrogen-bond acceptors (Lipinski definition) is 7. The number of methoxy groups -OCH3 is 3. The van der Waals surface area contributed by atoms with Crippen molar-refractivity contribution in [3.05, 3.63) is 88.7 Å². The first-order valence-electron chi connectivity index (χ1n) is 13.9. The highest BCUT2D eigenvalue weighted by molar-refractivity contribution is 7.09. The molecule has 2 amide bonds. The Morgan fingerprint density at radius 2 is 1.60 bits per heavy atom. The molecule has 1 N–H and O–H groups in total. The maximum absolute atomic E-state index is 14.2. The normalized spacial score (nSPS) is 13.8. The fourth-order valence-electron chi connectivity index (χ4n) is 5.48. The Bertz CT molecular complexity index is 1510. The quantitative estimate of drug-likeness (QED) is 0.220. The molecule has 1 aliphatic carbocycles. The Balaban J connectivity index is 1.47. The summed E-state index contributed by atoms with van der Waals surface area (Å²) in [5.41, 5.74) is 2.18. The average molecular weight is 586 g/mol. The second-order valence-corrected chi connectivity index (χ2v) is 11.2. The van der Waals surface area contributed by atoms with Gasteiger partial charge in [0.05, 0.1) is 45.7 Å². The molecular formula is C33H35N3O5S. The molecule has 0 radical (unpaired) electrons. The minimum Gasteiger partial charge on any atom is -0.497 e. The Morgan fingerprint density at radius 3 is 2.26 bits per heavy atom. The van der Waals surface area contributed by atoms with Gasteiger partial charge in [0, 0.05) is 17.0 Å². The van der Waals surface area contributed by atoms with Gasteiger partial charge in [0.15, 0.2) is 0 Å². The first-order valence-corrected chi connectivity index (χ1v) is 14.8. The van der Waals surface area contributed by atoms with Crippen LogP contribution in [0.3, 0.4) is 0 Å². The SMILES string of the molecule is COc1ccc(-c2csc(CN(C(=O)Cc3ccccc3)C3(C(=O)Nc4ccc(OC)cc4OC)CCCC3)n2)cc1. The smallest absolute Gasteiger partial charge is 0.250 e. The summed E-state index contributed by atoms with van der Waals surface area (Å²) >= 11 is 1.49. The molecule has 1 aliphatic rings. The van der Waals surface area contributed by atoms with Gasteiger partial charge >= 0.3 is 0 Å². The molecule has 0 atom stereocenters. The maximum atomic E-state index is 14.2. The number of nitrogens with one attached hydrogen (secondary N) is 1. The zero-order valence-electron chi connectivity index (χ0n) is 24.1. The van der Waals surface area contributed by atoms with Crippen molar-refractivity contribution in [2.45, 2.75) is 44.2 Å². The van der Waals surface area contributed by atoms with Gasteiger partial charge in [-0.3, -0.25) is 9.59 Å². The van der Waals surface area contributed by atoms with Gasteiger partial charge in [0.1, 0.15) is 27.8 Å². The summed E-state index contributed by atoms with van der Waals surface area (Å²) < 4.78 is 16.1. The standard InChI is InChI=1S/C33H35N3O5S/c1-39-25-13-11-24(12-14-25)28-22-42-30(34-28)21-36(31(37)19-23-9-5-4-6-10-23)33(17-7-8-18-33)32(38)35-27-16-15-26(40-2)20-29(27)41-3/h4-6,9-16,20,22H,7-8,17-19,21H2,1-3H3,(H,35,38). The van der Waals surface area contributed by atoms with E-state index >= 15 is 0 Å². The highest BCUT2D eigenvalue weighted by atomic mass is 32.1. The van der Waals surface area contributed by atoms with Gasteiger partial charge in [-0.1, -0.05) is 43.2 Å². The van der Waals surface area contributed by atoms with E-state index in [9.17, 15) is 9.59 Å². The number of ether oxygens (including phenoxy) is 3. The van der Waals surface area contributed by atoms with Crippen LogP contribution in [0.15, 0.2) is 78.2 Å². The molecular weight excluding hydrogens is 550 g/mol. The third-order valence-corrected chi connectivity index (χ3v) is 8.59. The monoisotopic (exact) mass is 585 g/mol. The van der Waals surface area contributed by atoms with E-state index < -0.39 is 5.54 Å². The van der Waals surface area contributed by atoms with Gasteiger partial charge < -0.3 is 24.4 Å².